The Balaban J connectivity index is 3.36. The zero-order chi connectivity index (χ0) is 12.6. The molecule has 0 aliphatic heterocycles. The van der Waals surface area contributed by atoms with Crippen LogP contribution in [-0.2, 0) is 18.6 Å². The predicted octanol–water partition coefficient (Wildman–Crippen LogP) is 5.59. The van der Waals surface area contributed by atoms with E-state index in [4.69, 9.17) is 0 Å². The summed E-state index contributed by atoms with van der Waals surface area (Å²) in [5.74, 6) is 0. The number of unbranched alkanes of at least 4 members (excludes halogenated alkanes) is 2. The minimum atomic E-state index is 0.135. The summed E-state index contributed by atoms with van der Waals surface area (Å²) in [5.41, 5.74) is 0. The molecule has 0 amide bonds. The van der Waals surface area contributed by atoms with Gasteiger partial charge in [0, 0.05) is 0 Å². The SMILES string of the molecule is CCCC=CCC=[CH][Pt][CH]=CCC=CCCC. The van der Waals surface area contributed by atoms with Crippen molar-refractivity contribution in [3.8, 4) is 0 Å². The van der Waals surface area contributed by atoms with Crippen LogP contribution >= 0.6 is 0 Å². The fourth-order valence-corrected chi connectivity index (χ4v) is 2.62. The van der Waals surface area contributed by atoms with Gasteiger partial charge in [0.1, 0.15) is 0 Å². The summed E-state index contributed by atoms with van der Waals surface area (Å²) in [6.45, 7) is 4.43. The van der Waals surface area contributed by atoms with E-state index in [9.17, 15) is 0 Å². The van der Waals surface area contributed by atoms with Gasteiger partial charge in [0.15, 0.2) is 0 Å². The van der Waals surface area contributed by atoms with E-state index in [1.165, 1.54) is 25.7 Å². The fraction of sp³-hybridized carbons (Fsp3) is 0.500. The number of hydrogen-bond donors (Lipinski definition) is 0. The van der Waals surface area contributed by atoms with Crippen molar-refractivity contribution in [1.29, 1.82) is 0 Å². The van der Waals surface area contributed by atoms with E-state index < -0.39 is 0 Å². The molecule has 0 aromatic heterocycles. The second kappa shape index (κ2) is 15.6. The zero-order valence-corrected chi connectivity index (χ0v) is 13.4. The predicted molar refractivity (Wildman–Crippen MR) is 75.6 cm³/mol. The fourth-order valence-electron chi connectivity index (χ4n) is 1.13. The Labute approximate surface area is 116 Å². The van der Waals surface area contributed by atoms with Gasteiger partial charge in [0.2, 0.25) is 0 Å². The molecule has 0 aliphatic carbocycles. The Hall–Kier alpha value is -0.352. The first-order valence-corrected chi connectivity index (χ1v) is 9.19. The monoisotopic (exact) mass is 413 g/mol. The van der Waals surface area contributed by atoms with Crippen LogP contribution in [0.15, 0.2) is 45.4 Å². The van der Waals surface area contributed by atoms with Crippen LogP contribution in [0.1, 0.15) is 52.4 Å². The molecule has 0 unspecified atom stereocenters. The van der Waals surface area contributed by atoms with E-state index in [0.717, 1.165) is 12.8 Å². The van der Waals surface area contributed by atoms with Crippen LogP contribution in [0.3, 0.4) is 0 Å². The van der Waals surface area contributed by atoms with Crippen molar-refractivity contribution in [3.63, 3.8) is 0 Å². The van der Waals surface area contributed by atoms with E-state index in [1.54, 1.807) is 0 Å². The van der Waals surface area contributed by atoms with E-state index in [1.807, 2.05) is 0 Å². The minimum absolute atomic E-state index is 0.135. The number of rotatable bonds is 10. The van der Waals surface area contributed by atoms with Gasteiger partial charge in [-0.1, -0.05) is 0 Å². The van der Waals surface area contributed by atoms with Crippen LogP contribution < -0.4 is 0 Å². The van der Waals surface area contributed by atoms with Crippen molar-refractivity contribution in [2.45, 2.75) is 52.4 Å². The van der Waals surface area contributed by atoms with Crippen molar-refractivity contribution >= 4 is 0 Å². The standard InChI is InChI=1S/2C8H13.Pt/c2*1-3-5-7-8-6-4-2;/h2*1,3,7-8H,4-6H2,2H3;. The third-order valence-electron chi connectivity index (χ3n) is 2.06. The van der Waals surface area contributed by atoms with Crippen LogP contribution in [0.5, 0.6) is 0 Å². The first-order valence-electron chi connectivity index (χ1n) is 6.56. The Kier molecular flexibility index (Phi) is 15.3. The summed E-state index contributed by atoms with van der Waals surface area (Å²) in [4.78, 5) is 0. The van der Waals surface area contributed by atoms with Crippen molar-refractivity contribution in [2.24, 2.45) is 0 Å². The average Bonchev–Trinajstić information content (AvgIpc) is 2.35. The number of hydrogen-bond acceptors (Lipinski definition) is 0. The van der Waals surface area contributed by atoms with Crippen molar-refractivity contribution < 1.29 is 18.6 Å². The Morgan fingerprint density at radius 3 is 1.53 bits per heavy atom. The molecule has 17 heavy (non-hydrogen) atoms. The molecule has 0 spiro atoms. The summed E-state index contributed by atoms with van der Waals surface area (Å²) >= 11 is 0.135. The summed E-state index contributed by atoms with van der Waals surface area (Å²) in [5, 5.41) is 0. The van der Waals surface area contributed by atoms with Gasteiger partial charge in [-0.2, -0.15) is 0 Å². The van der Waals surface area contributed by atoms with Crippen molar-refractivity contribution in [3.05, 3.63) is 45.4 Å². The van der Waals surface area contributed by atoms with E-state index in [2.05, 4.69) is 59.2 Å². The van der Waals surface area contributed by atoms with Crippen molar-refractivity contribution in [1.82, 2.24) is 0 Å². The molecular formula is C16H26Pt. The second-order valence-corrected chi connectivity index (χ2v) is 6.05. The maximum absolute atomic E-state index is 2.35. The van der Waals surface area contributed by atoms with Gasteiger partial charge in [-0.25, -0.2) is 0 Å². The zero-order valence-electron chi connectivity index (χ0n) is 11.2. The van der Waals surface area contributed by atoms with Crippen LogP contribution in [0.4, 0.5) is 0 Å². The van der Waals surface area contributed by atoms with E-state index >= 15 is 0 Å². The Morgan fingerprint density at radius 1 is 0.647 bits per heavy atom. The van der Waals surface area contributed by atoms with Crippen LogP contribution in [0, 0.1) is 0 Å². The molecule has 0 bridgehead atoms. The molecule has 100 valence electrons. The molecular weight excluding hydrogens is 387 g/mol. The summed E-state index contributed by atoms with van der Waals surface area (Å²) in [7, 11) is 0. The van der Waals surface area contributed by atoms with E-state index in [0.29, 0.717) is 0 Å². The topological polar surface area (TPSA) is 0 Å². The van der Waals surface area contributed by atoms with Gasteiger partial charge in [0.05, 0.1) is 0 Å². The van der Waals surface area contributed by atoms with Crippen molar-refractivity contribution in [2.75, 3.05) is 0 Å². The molecule has 0 aliphatic rings. The normalized spacial score (nSPS) is 13.1. The Morgan fingerprint density at radius 2 is 1.12 bits per heavy atom. The van der Waals surface area contributed by atoms with Crippen LogP contribution in [-0.4, -0.2) is 0 Å². The third-order valence-corrected chi connectivity index (χ3v) is 4.00. The molecule has 0 rings (SSSR count). The molecule has 0 aromatic rings. The van der Waals surface area contributed by atoms with Gasteiger partial charge < -0.3 is 0 Å². The average molecular weight is 413 g/mol. The summed E-state index contributed by atoms with van der Waals surface area (Å²) < 4.78 is 4.70. The molecule has 0 saturated carbocycles. The molecule has 0 radical (unpaired) electrons. The molecule has 0 N–H and O–H groups in total. The van der Waals surface area contributed by atoms with Gasteiger partial charge in [-0.15, -0.1) is 0 Å². The van der Waals surface area contributed by atoms with Gasteiger partial charge >= 0.3 is 116 Å². The first kappa shape index (κ1) is 16.6. The molecule has 0 fully saturated rings. The van der Waals surface area contributed by atoms with Gasteiger partial charge in [-0.05, 0) is 0 Å². The Bertz CT molecular complexity index is 220. The third kappa shape index (κ3) is 15.6. The quantitative estimate of drug-likeness (QED) is 0.410. The molecule has 0 nitrogen and oxygen atoms in total. The van der Waals surface area contributed by atoms with Crippen LogP contribution in [0.25, 0.3) is 0 Å². The van der Waals surface area contributed by atoms with E-state index in [-0.39, 0.29) is 18.6 Å². The molecule has 0 atom stereocenters. The summed E-state index contributed by atoms with van der Waals surface area (Å²) in [6, 6.07) is 0. The van der Waals surface area contributed by atoms with Crippen LogP contribution in [0.2, 0.25) is 0 Å². The first-order chi connectivity index (χ1) is 8.41. The molecule has 0 heterocycles. The molecule has 0 aromatic carbocycles. The number of allylic oxidation sites excluding steroid dienone is 6. The molecule has 0 saturated heterocycles. The maximum atomic E-state index is 2.35. The van der Waals surface area contributed by atoms with Gasteiger partial charge in [-0.3, -0.25) is 0 Å². The van der Waals surface area contributed by atoms with Gasteiger partial charge in [0.25, 0.3) is 0 Å². The summed E-state index contributed by atoms with van der Waals surface area (Å²) in [6.07, 6.45) is 20.8. The second-order valence-electron chi connectivity index (χ2n) is 3.78. The molecule has 1 heteroatoms.